The van der Waals surface area contributed by atoms with Gasteiger partial charge in [-0.25, -0.2) is 0 Å². The number of piperazine rings is 1. The molecule has 2 heteroatoms. The van der Waals surface area contributed by atoms with Crippen LogP contribution in [0.5, 0.6) is 0 Å². The predicted octanol–water partition coefficient (Wildman–Crippen LogP) is 1.48. The summed E-state index contributed by atoms with van der Waals surface area (Å²) in [4.78, 5) is 2.63. The maximum atomic E-state index is 3.58. The molecule has 0 aliphatic carbocycles. The average Bonchev–Trinajstić information content (AvgIpc) is 2.75. The Kier molecular flexibility index (Phi) is 2.26. The molecule has 15 heavy (non-hydrogen) atoms. The molecule has 2 nitrogen and oxygen atoms in total. The van der Waals surface area contributed by atoms with Gasteiger partial charge in [-0.1, -0.05) is 37.3 Å². The van der Waals surface area contributed by atoms with E-state index in [1.54, 1.807) is 0 Å². The maximum absolute atomic E-state index is 3.58. The van der Waals surface area contributed by atoms with E-state index in [1.165, 1.54) is 18.7 Å². The van der Waals surface area contributed by atoms with Crippen LogP contribution in [-0.2, 0) is 6.54 Å². The second-order valence-corrected chi connectivity index (χ2v) is 4.86. The van der Waals surface area contributed by atoms with Gasteiger partial charge in [-0.05, 0) is 11.5 Å². The Hall–Kier alpha value is -0.860. The van der Waals surface area contributed by atoms with Crippen molar-refractivity contribution in [3.05, 3.63) is 35.9 Å². The molecule has 2 saturated heterocycles. The highest BCUT2D eigenvalue weighted by atomic mass is 15.3. The zero-order chi connectivity index (χ0) is 10.3. The molecule has 2 fully saturated rings. The third kappa shape index (κ3) is 1.58. The number of benzene rings is 1. The van der Waals surface area contributed by atoms with Crippen LogP contribution in [0.2, 0.25) is 0 Å². The topological polar surface area (TPSA) is 15.3 Å². The third-order valence-corrected chi connectivity index (χ3v) is 3.96. The molecule has 0 amide bonds. The molecule has 0 radical (unpaired) electrons. The van der Waals surface area contributed by atoms with E-state index in [1.807, 2.05) is 0 Å². The molecule has 1 aromatic carbocycles. The SMILES string of the molecule is C[C@@H]1[C@H]2CN[C@@H]1CN2Cc1ccccc1. The Morgan fingerprint density at radius 1 is 1.33 bits per heavy atom. The van der Waals surface area contributed by atoms with Crippen molar-refractivity contribution in [3.63, 3.8) is 0 Å². The van der Waals surface area contributed by atoms with E-state index in [0.29, 0.717) is 0 Å². The molecule has 3 rings (SSSR count). The van der Waals surface area contributed by atoms with Crippen LogP contribution in [0.3, 0.4) is 0 Å². The van der Waals surface area contributed by atoms with E-state index < -0.39 is 0 Å². The van der Waals surface area contributed by atoms with E-state index in [0.717, 1.165) is 24.5 Å². The minimum atomic E-state index is 0.735. The largest absolute Gasteiger partial charge is 0.311 e. The lowest BCUT2D eigenvalue weighted by molar-refractivity contribution is 0.210. The summed E-state index contributed by atoms with van der Waals surface area (Å²) in [6.45, 7) is 5.90. The van der Waals surface area contributed by atoms with Gasteiger partial charge in [-0.2, -0.15) is 0 Å². The van der Waals surface area contributed by atoms with Gasteiger partial charge in [0.15, 0.2) is 0 Å². The van der Waals surface area contributed by atoms with Crippen molar-refractivity contribution in [1.29, 1.82) is 0 Å². The molecule has 1 N–H and O–H groups in total. The third-order valence-electron chi connectivity index (χ3n) is 3.96. The molecular formula is C13H18N2. The molecular weight excluding hydrogens is 184 g/mol. The Balaban J connectivity index is 1.71. The van der Waals surface area contributed by atoms with Crippen LogP contribution in [0, 0.1) is 5.92 Å². The van der Waals surface area contributed by atoms with Gasteiger partial charge in [0.25, 0.3) is 0 Å². The number of hydrogen-bond acceptors (Lipinski definition) is 2. The van der Waals surface area contributed by atoms with Gasteiger partial charge in [0, 0.05) is 31.7 Å². The molecule has 2 heterocycles. The van der Waals surface area contributed by atoms with Gasteiger partial charge in [-0.3, -0.25) is 4.90 Å². The standard InChI is InChI=1S/C13H18N2/c1-10-12-9-15(13(10)7-14-12)8-11-5-3-2-4-6-11/h2-6,10,12-14H,7-9H2,1H3/t10-,12+,13+/m0/s1. The molecule has 2 bridgehead atoms. The molecule has 0 unspecified atom stereocenters. The first kappa shape index (κ1) is 9.37. The van der Waals surface area contributed by atoms with Crippen LogP contribution in [0.25, 0.3) is 0 Å². The van der Waals surface area contributed by atoms with Crippen LogP contribution in [0.15, 0.2) is 30.3 Å². The quantitative estimate of drug-likeness (QED) is 0.781. The summed E-state index contributed by atoms with van der Waals surface area (Å²) in [5.41, 5.74) is 1.44. The monoisotopic (exact) mass is 202 g/mol. The average molecular weight is 202 g/mol. The molecule has 2 aliphatic rings. The van der Waals surface area contributed by atoms with Crippen molar-refractivity contribution in [2.75, 3.05) is 13.1 Å². The number of nitrogens with zero attached hydrogens (tertiary/aromatic N) is 1. The Labute approximate surface area is 91.3 Å². The summed E-state index contributed by atoms with van der Waals surface area (Å²) >= 11 is 0. The lowest BCUT2D eigenvalue weighted by atomic mass is 10.0. The first-order valence-corrected chi connectivity index (χ1v) is 5.86. The highest BCUT2D eigenvalue weighted by molar-refractivity contribution is 5.16. The Bertz CT molecular complexity index is 336. The van der Waals surface area contributed by atoms with E-state index >= 15 is 0 Å². The first-order valence-electron chi connectivity index (χ1n) is 5.86. The van der Waals surface area contributed by atoms with Gasteiger partial charge in [0.1, 0.15) is 0 Å². The summed E-state index contributed by atoms with van der Waals surface area (Å²) in [6, 6.07) is 12.3. The van der Waals surface area contributed by atoms with Crippen molar-refractivity contribution in [2.45, 2.75) is 25.6 Å². The van der Waals surface area contributed by atoms with E-state index in [4.69, 9.17) is 0 Å². The Morgan fingerprint density at radius 3 is 2.73 bits per heavy atom. The van der Waals surface area contributed by atoms with Crippen molar-refractivity contribution in [3.8, 4) is 0 Å². The van der Waals surface area contributed by atoms with Gasteiger partial charge >= 0.3 is 0 Å². The van der Waals surface area contributed by atoms with Crippen LogP contribution in [0.1, 0.15) is 12.5 Å². The van der Waals surface area contributed by atoms with Crippen molar-refractivity contribution in [2.24, 2.45) is 5.92 Å². The van der Waals surface area contributed by atoms with Gasteiger partial charge < -0.3 is 5.32 Å². The maximum Gasteiger partial charge on any atom is 0.0265 e. The fourth-order valence-electron chi connectivity index (χ4n) is 2.99. The molecule has 0 saturated carbocycles. The van der Waals surface area contributed by atoms with Crippen molar-refractivity contribution in [1.82, 2.24) is 10.2 Å². The minimum Gasteiger partial charge on any atom is -0.311 e. The minimum absolute atomic E-state index is 0.735. The Morgan fingerprint density at radius 2 is 2.13 bits per heavy atom. The highest BCUT2D eigenvalue weighted by Crippen LogP contribution is 2.30. The summed E-state index contributed by atoms with van der Waals surface area (Å²) in [5, 5.41) is 3.58. The summed E-state index contributed by atoms with van der Waals surface area (Å²) in [7, 11) is 0. The molecule has 0 aromatic heterocycles. The second-order valence-electron chi connectivity index (χ2n) is 4.86. The molecule has 1 aromatic rings. The zero-order valence-electron chi connectivity index (χ0n) is 9.19. The number of fused-ring (bicyclic) bond motifs is 2. The molecule has 0 spiro atoms. The van der Waals surface area contributed by atoms with E-state index in [-0.39, 0.29) is 0 Å². The predicted molar refractivity (Wildman–Crippen MR) is 61.6 cm³/mol. The van der Waals surface area contributed by atoms with Gasteiger partial charge in [0.2, 0.25) is 0 Å². The summed E-state index contributed by atoms with van der Waals surface area (Å²) in [6.07, 6.45) is 0. The molecule has 80 valence electrons. The lowest BCUT2D eigenvalue weighted by Crippen LogP contribution is -2.42. The normalized spacial score (nSPS) is 34.9. The smallest absolute Gasteiger partial charge is 0.0265 e. The summed E-state index contributed by atoms with van der Waals surface area (Å²) in [5.74, 6) is 0.828. The fraction of sp³-hybridized carbons (Fsp3) is 0.538. The number of hydrogen-bond donors (Lipinski definition) is 1. The first-order chi connectivity index (χ1) is 7.34. The number of likely N-dealkylation sites (tertiary alicyclic amines) is 1. The summed E-state index contributed by atoms with van der Waals surface area (Å²) < 4.78 is 0. The molecule has 3 atom stereocenters. The molecule has 2 aliphatic heterocycles. The second kappa shape index (κ2) is 3.62. The van der Waals surface area contributed by atoms with Gasteiger partial charge in [-0.15, -0.1) is 0 Å². The van der Waals surface area contributed by atoms with Crippen molar-refractivity contribution >= 4 is 0 Å². The van der Waals surface area contributed by atoms with Crippen molar-refractivity contribution < 1.29 is 0 Å². The van der Waals surface area contributed by atoms with Crippen LogP contribution in [-0.4, -0.2) is 30.1 Å². The fourth-order valence-corrected chi connectivity index (χ4v) is 2.99. The van der Waals surface area contributed by atoms with Crippen LogP contribution >= 0.6 is 0 Å². The zero-order valence-corrected chi connectivity index (χ0v) is 9.19. The van der Waals surface area contributed by atoms with Crippen LogP contribution < -0.4 is 5.32 Å². The number of rotatable bonds is 2. The van der Waals surface area contributed by atoms with E-state index in [2.05, 4.69) is 47.5 Å². The number of nitrogens with one attached hydrogen (secondary N) is 1. The highest BCUT2D eigenvalue weighted by Gasteiger charge is 2.43. The van der Waals surface area contributed by atoms with E-state index in [9.17, 15) is 0 Å². The van der Waals surface area contributed by atoms with Crippen LogP contribution in [0.4, 0.5) is 0 Å². The van der Waals surface area contributed by atoms with Gasteiger partial charge in [0.05, 0.1) is 0 Å². The lowest BCUT2D eigenvalue weighted by Gasteiger charge is -2.27.